The average Bonchev–Trinajstić information content (AvgIpc) is 2.85. The van der Waals surface area contributed by atoms with Gasteiger partial charge in [-0.2, -0.15) is 0 Å². The van der Waals surface area contributed by atoms with Gasteiger partial charge in [-0.3, -0.25) is 0 Å². The lowest BCUT2D eigenvalue weighted by molar-refractivity contribution is 0.555. The highest BCUT2D eigenvalue weighted by Gasteiger charge is 1.95. The summed E-state index contributed by atoms with van der Waals surface area (Å²) in [5, 5.41) is 2.17. The van der Waals surface area contributed by atoms with Gasteiger partial charge in [0.2, 0.25) is 0 Å². The maximum atomic E-state index is 4.31. The van der Waals surface area contributed by atoms with Gasteiger partial charge in [0.1, 0.15) is 0 Å². The number of aromatic nitrogens is 1. The largest absolute Gasteiger partial charge is 0.250 e. The summed E-state index contributed by atoms with van der Waals surface area (Å²) in [5.74, 6) is 0. The van der Waals surface area contributed by atoms with Crippen molar-refractivity contribution in [2.24, 2.45) is 0 Å². The van der Waals surface area contributed by atoms with Gasteiger partial charge in [0.25, 0.3) is 0 Å². The van der Waals surface area contributed by atoms with Crippen LogP contribution in [0.1, 0.15) is 76.8 Å². The zero-order valence-electron chi connectivity index (χ0n) is 11.3. The van der Waals surface area contributed by atoms with Crippen molar-refractivity contribution in [3.63, 3.8) is 0 Å². The van der Waals surface area contributed by atoms with Crippen LogP contribution in [0.2, 0.25) is 0 Å². The molecule has 1 aromatic heterocycles. The maximum Gasteiger partial charge on any atom is 0.0794 e. The Balaban J connectivity index is 1.76. The van der Waals surface area contributed by atoms with E-state index in [0.717, 1.165) is 0 Å². The lowest BCUT2D eigenvalue weighted by Crippen LogP contribution is -1.86. The first-order chi connectivity index (χ1) is 8.43. The molecule has 0 saturated heterocycles. The molecule has 2 heteroatoms. The zero-order chi connectivity index (χ0) is 12.2. The Morgan fingerprint density at radius 2 is 1.47 bits per heavy atom. The van der Waals surface area contributed by atoms with Crippen LogP contribution in [0.4, 0.5) is 0 Å². The van der Waals surface area contributed by atoms with Gasteiger partial charge in [0.05, 0.1) is 11.2 Å². The first-order valence-electron chi connectivity index (χ1n) is 7.30. The molecule has 98 valence electrons. The van der Waals surface area contributed by atoms with E-state index < -0.39 is 0 Å². The Morgan fingerprint density at radius 3 is 2.00 bits per heavy atom. The molecule has 0 amide bonds. The molecule has 0 spiro atoms. The summed E-state index contributed by atoms with van der Waals surface area (Å²) in [6.45, 7) is 2.28. The summed E-state index contributed by atoms with van der Waals surface area (Å²) in [4.78, 5) is 4.31. The minimum atomic E-state index is 1.18. The molecular weight excluding hydrogens is 226 g/mol. The maximum absolute atomic E-state index is 4.31. The molecule has 0 radical (unpaired) electrons. The third-order valence-corrected chi connectivity index (χ3v) is 3.91. The van der Waals surface area contributed by atoms with Crippen LogP contribution < -0.4 is 0 Å². The van der Waals surface area contributed by atoms with Crippen molar-refractivity contribution in [1.29, 1.82) is 0 Å². The molecule has 0 unspecified atom stereocenters. The topological polar surface area (TPSA) is 12.9 Å². The summed E-state index contributed by atoms with van der Waals surface area (Å²) >= 11 is 1.71. The van der Waals surface area contributed by atoms with Gasteiger partial charge in [0, 0.05) is 5.38 Å². The van der Waals surface area contributed by atoms with Crippen molar-refractivity contribution in [3.05, 3.63) is 16.6 Å². The minimum absolute atomic E-state index is 1.18. The van der Waals surface area contributed by atoms with E-state index in [1.165, 1.54) is 76.3 Å². The summed E-state index contributed by atoms with van der Waals surface area (Å²) in [6, 6.07) is 0. The zero-order valence-corrected chi connectivity index (χ0v) is 12.1. The highest BCUT2D eigenvalue weighted by atomic mass is 32.1. The molecule has 1 nitrogen and oxygen atoms in total. The number of rotatable bonds is 11. The Morgan fingerprint density at radius 1 is 0.882 bits per heavy atom. The van der Waals surface area contributed by atoms with Crippen LogP contribution in [-0.2, 0) is 6.42 Å². The highest BCUT2D eigenvalue weighted by molar-refractivity contribution is 7.07. The fourth-order valence-corrected chi connectivity index (χ4v) is 2.75. The van der Waals surface area contributed by atoms with Crippen LogP contribution in [0.15, 0.2) is 10.9 Å². The molecule has 0 aliphatic carbocycles. The average molecular weight is 253 g/mol. The number of unbranched alkanes of at least 4 members (excludes halogenated alkanes) is 9. The van der Waals surface area contributed by atoms with E-state index in [9.17, 15) is 0 Å². The molecule has 0 saturated carbocycles. The third kappa shape index (κ3) is 8.37. The van der Waals surface area contributed by atoms with Crippen molar-refractivity contribution in [1.82, 2.24) is 4.98 Å². The lowest BCUT2D eigenvalue weighted by Gasteiger charge is -2.01. The van der Waals surface area contributed by atoms with Crippen LogP contribution in [0.3, 0.4) is 0 Å². The van der Waals surface area contributed by atoms with Crippen LogP contribution in [0.5, 0.6) is 0 Å². The minimum Gasteiger partial charge on any atom is -0.250 e. The molecule has 0 aliphatic heterocycles. The van der Waals surface area contributed by atoms with Crippen molar-refractivity contribution < 1.29 is 0 Å². The molecule has 1 heterocycles. The molecule has 0 aliphatic rings. The number of thiazole rings is 1. The quantitative estimate of drug-likeness (QED) is 0.467. The predicted molar refractivity (Wildman–Crippen MR) is 77.7 cm³/mol. The number of hydrogen-bond acceptors (Lipinski definition) is 2. The third-order valence-electron chi connectivity index (χ3n) is 3.27. The summed E-state index contributed by atoms with van der Waals surface area (Å²) in [7, 11) is 0. The van der Waals surface area contributed by atoms with Gasteiger partial charge < -0.3 is 0 Å². The summed E-state index contributed by atoms with van der Waals surface area (Å²) in [6.07, 6.45) is 15.3. The van der Waals surface area contributed by atoms with Gasteiger partial charge in [-0.25, -0.2) is 4.98 Å². The van der Waals surface area contributed by atoms with Gasteiger partial charge in [-0.1, -0.05) is 64.7 Å². The second-order valence-corrected chi connectivity index (χ2v) is 5.63. The van der Waals surface area contributed by atoms with Crippen LogP contribution in [-0.4, -0.2) is 4.98 Å². The monoisotopic (exact) mass is 253 g/mol. The van der Waals surface area contributed by atoms with E-state index in [1.54, 1.807) is 11.3 Å². The standard InChI is InChI=1S/C15H27NS/c1-2-3-4-5-6-7-8-9-10-11-12-15-13-17-14-16-15/h13-14H,2-12H2,1H3. The Labute approximate surface area is 111 Å². The second-order valence-electron chi connectivity index (χ2n) is 4.91. The smallest absolute Gasteiger partial charge is 0.0794 e. The van der Waals surface area contributed by atoms with Gasteiger partial charge in [0.15, 0.2) is 0 Å². The van der Waals surface area contributed by atoms with Crippen molar-refractivity contribution >= 4 is 11.3 Å². The van der Waals surface area contributed by atoms with Crippen molar-refractivity contribution in [2.45, 2.75) is 77.6 Å². The fourth-order valence-electron chi connectivity index (χ4n) is 2.15. The van der Waals surface area contributed by atoms with E-state index in [1.807, 2.05) is 5.51 Å². The molecule has 0 fully saturated rings. The molecule has 0 aromatic carbocycles. The first-order valence-corrected chi connectivity index (χ1v) is 8.25. The Kier molecular flexibility index (Phi) is 9.30. The van der Waals surface area contributed by atoms with Crippen molar-refractivity contribution in [3.8, 4) is 0 Å². The molecule has 0 atom stereocenters. The molecule has 17 heavy (non-hydrogen) atoms. The Hall–Kier alpha value is -0.370. The normalized spacial score (nSPS) is 10.9. The number of hydrogen-bond donors (Lipinski definition) is 0. The molecule has 1 rings (SSSR count). The second kappa shape index (κ2) is 10.8. The van der Waals surface area contributed by atoms with Gasteiger partial charge in [-0.15, -0.1) is 11.3 Å². The van der Waals surface area contributed by atoms with E-state index in [2.05, 4.69) is 17.3 Å². The first kappa shape index (κ1) is 14.7. The highest BCUT2D eigenvalue weighted by Crippen LogP contribution is 2.12. The Bertz CT molecular complexity index is 243. The molecule has 1 aromatic rings. The van der Waals surface area contributed by atoms with Gasteiger partial charge >= 0.3 is 0 Å². The van der Waals surface area contributed by atoms with Gasteiger partial charge in [-0.05, 0) is 12.8 Å². The van der Waals surface area contributed by atoms with Crippen LogP contribution in [0.25, 0.3) is 0 Å². The van der Waals surface area contributed by atoms with E-state index in [0.29, 0.717) is 0 Å². The molecular formula is C15H27NS. The van der Waals surface area contributed by atoms with Crippen LogP contribution >= 0.6 is 11.3 Å². The fraction of sp³-hybridized carbons (Fsp3) is 0.800. The van der Waals surface area contributed by atoms with E-state index >= 15 is 0 Å². The van der Waals surface area contributed by atoms with E-state index in [-0.39, 0.29) is 0 Å². The number of aryl methyl sites for hydroxylation is 1. The predicted octanol–water partition coefficient (Wildman–Crippen LogP) is 5.61. The molecule has 0 N–H and O–H groups in total. The van der Waals surface area contributed by atoms with Crippen molar-refractivity contribution in [2.75, 3.05) is 0 Å². The van der Waals surface area contributed by atoms with E-state index in [4.69, 9.17) is 0 Å². The summed E-state index contributed by atoms with van der Waals surface area (Å²) in [5.41, 5.74) is 3.22. The number of nitrogens with zero attached hydrogens (tertiary/aromatic N) is 1. The molecule has 0 bridgehead atoms. The summed E-state index contributed by atoms with van der Waals surface area (Å²) < 4.78 is 0. The SMILES string of the molecule is CCCCCCCCCCCCc1cscn1. The lowest BCUT2D eigenvalue weighted by atomic mass is 10.1. The van der Waals surface area contributed by atoms with Crippen LogP contribution in [0, 0.1) is 0 Å².